The van der Waals surface area contributed by atoms with E-state index in [1.165, 1.54) is 0 Å². The van der Waals surface area contributed by atoms with E-state index in [-0.39, 0.29) is 0 Å². The second-order valence-corrected chi connectivity index (χ2v) is 2.45. The van der Waals surface area contributed by atoms with E-state index in [1.54, 1.807) is 18.0 Å². The number of aryl methyl sites for hydroxylation is 1. The van der Waals surface area contributed by atoms with Crippen LogP contribution in [0.15, 0.2) is 12.4 Å². The molecule has 0 fully saturated rings. The summed E-state index contributed by atoms with van der Waals surface area (Å²) in [6.07, 6.45) is 1.55. The lowest BCUT2D eigenvalue weighted by atomic mass is 10.4. The van der Waals surface area contributed by atoms with Gasteiger partial charge in [0.05, 0.1) is 12.8 Å². The van der Waals surface area contributed by atoms with Gasteiger partial charge in [0.1, 0.15) is 6.33 Å². The maximum atomic E-state index is 5.10. The van der Waals surface area contributed by atoms with E-state index in [9.17, 15) is 0 Å². The highest BCUT2D eigenvalue weighted by atomic mass is 16.5. The normalized spacial score (nSPS) is 10.5. The molecular formula is C7H8N4O. The second-order valence-electron chi connectivity index (χ2n) is 2.45. The van der Waals surface area contributed by atoms with Crippen LogP contribution >= 0.6 is 0 Å². The molecule has 2 aromatic rings. The van der Waals surface area contributed by atoms with Gasteiger partial charge in [-0.1, -0.05) is 0 Å². The third kappa shape index (κ3) is 0.903. The lowest BCUT2D eigenvalue weighted by Crippen LogP contribution is -1.96. The number of rotatable bonds is 1. The highest BCUT2D eigenvalue weighted by Crippen LogP contribution is 2.15. The fourth-order valence-corrected chi connectivity index (χ4v) is 1.07. The molecule has 5 heteroatoms. The van der Waals surface area contributed by atoms with E-state index in [0.29, 0.717) is 11.4 Å². The van der Waals surface area contributed by atoms with Crippen LogP contribution in [0.4, 0.5) is 0 Å². The number of hydrogen-bond donors (Lipinski definition) is 0. The molecule has 0 bridgehead atoms. The van der Waals surface area contributed by atoms with Gasteiger partial charge in [-0.25, -0.2) is 0 Å². The second kappa shape index (κ2) is 2.44. The number of aromatic nitrogens is 4. The summed E-state index contributed by atoms with van der Waals surface area (Å²) >= 11 is 0. The lowest BCUT2D eigenvalue weighted by molar-refractivity contribution is 0.415. The minimum absolute atomic E-state index is 0.642. The van der Waals surface area contributed by atoms with E-state index < -0.39 is 0 Å². The van der Waals surface area contributed by atoms with Gasteiger partial charge in [-0.2, -0.15) is 9.61 Å². The summed E-state index contributed by atoms with van der Waals surface area (Å²) in [6, 6.07) is 1.82. The molecule has 0 aliphatic carbocycles. The van der Waals surface area contributed by atoms with Gasteiger partial charge in [-0.05, 0) is 6.92 Å². The fourth-order valence-electron chi connectivity index (χ4n) is 1.07. The van der Waals surface area contributed by atoms with Crippen molar-refractivity contribution < 1.29 is 4.74 Å². The smallest absolute Gasteiger partial charge is 0.219 e. The van der Waals surface area contributed by atoms with Crippen LogP contribution in [-0.2, 0) is 0 Å². The zero-order chi connectivity index (χ0) is 8.55. The minimum Gasteiger partial charge on any atom is -0.493 e. The SMILES string of the molecule is COc1cc(C)nn2cnnc12. The molecule has 62 valence electrons. The van der Waals surface area contributed by atoms with Crippen molar-refractivity contribution in [2.24, 2.45) is 0 Å². The molecular weight excluding hydrogens is 156 g/mol. The molecule has 0 radical (unpaired) electrons. The van der Waals surface area contributed by atoms with Crippen LogP contribution in [0.2, 0.25) is 0 Å². The molecule has 0 spiro atoms. The molecule has 0 saturated heterocycles. The van der Waals surface area contributed by atoms with Crippen molar-refractivity contribution >= 4 is 5.65 Å². The topological polar surface area (TPSA) is 52.3 Å². The van der Waals surface area contributed by atoms with E-state index in [2.05, 4.69) is 15.3 Å². The number of ether oxygens (including phenoxy) is 1. The van der Waals surface area contributed by atoms with Crippen LogP contribution in [0.5, 0.6) is 5.75 Å². The summed E-state index contributed by atoms with van der Waals surface area (Å²) in [5.74, 6) is 0.694. The van der Waals surface area contributed by atoms with Crippen LogP contribution in [-0.4, -0.2) is 26.9 Å². The number of methoxy groups -OCH3 is 1. The van der Waals surface area contributed by atoms with Gasteiger partial charge in [0.2, 0.25) is 5.65 Å². The molecule has 2 heterocycles. The molecule has 0 aliphatic heterocycles. The van der Waals surface area contributed by atoms with Gasteiger partial charge in [0.25, 0.3) is 0 Å². The molecule has 12 heavy (non-hydrogen) atoms. The Balaban J connectivity index is 2.80. The Labute approximate surface area is 69.0 Å². The summed E-state index contributed by atoms with van der Waals surface area (Å²) in [4.78, 5) is 0. The quantitative estimate of drug-likeness (QED) is 0.613. The van der Waals surface area contributed by atoms with Gasteiger partial charge >= 0.3 is 0 Å². The van der Waals surface area contributed by atoms with Crippen LogP contribution in [0, 0.1) is 6.92 Å². The monoisotopic (exact) mass is 164 g/mol. The third-order valence-corrected chi connectivity index (χ3v) is 1.58. The molecule has 0 unspecified atom stereocenters. The Morgan fingerprint density at radius 1 is 1.50 bits per heavy atom. The van der Waals surface area contributed by atoms with Crippen LogP contribution < -0.4 is 4.74 Å². The van der Waals surface area contributed by atoms with Gasteiger partial charge in [-0.3, -0.25) is 0 Å². The zero-order valence-electron chi connectivity index (χ0n) is 6.85. The standard InChI is InChI=1S/C7H8N4O/c1-5-3-6(12-2)7-9-8-4-11(7)10-5/h3-4H,1-2H3. The first-order valence-corrected chi connectivity index (χ1v) is 3.53. The summed E-state index contributed by atoms with van der Waals surface area (Å²) < 4.78 is 6.69. The zero-order valence-corrected chi connectivity index (χ0v) is 6.85. The van der Waals surface area contributed by atoms with Gasteiger partial charge in [0, 0.05) is 6.07 Å². The number of nitrogens with zero attached hydrogens (tertiary/aromatic N) is 4. The first kappa shape index (κ1) is 7.02. The fraction of sp³-hybridized carbons (Fsp3) is 0.286. The van der Waals surface area contributed by atoms with Gasteiger partial charge in [-0.15, -0.1) is 10.2 Å². The molecule has 0 atom stereocenters. The minimum atomic E-state index is 0.642. The largest absolute Gasteiger partial charge is 0.493 e. The molecule has 0 aromatic carbocycles. The van der Waals surface area contributed by atoms with Crippen molar-refractivity contribution in [1.29, 1.82) is 0 Å². The van der Waals surface area contributed by atoms with E-state index in [0.717, 1.165) is 5.69 Å². The lowest BCUT2D eigenvalue weighted by Gasteiger charge is -2.00. The molecule has 5 nitrogen and oxygen atoms in total. The van der Waals surface area contributed by atoms with E-state index in [1.807, 2.05) is 13.0 Å². The Kier molecular flexibility index (Phi) is 1.43. The summed E-state index contributed by atoms with van der Waals surface area (Å²) in [5, 5.41) is 11.7. The summed E-state index contributed by atoms with van der Waals surface area (Å²) in [5.41, 5.74) is 1.52. The molecule has 0 N–H and O–H groups in total. The van der Waals surface area contributed by atoms with Crippen molar-refractivity contribution in [2.75, 3.05) is 7.11 Å². The Morgan fingerprint density at radius 3 is 3.08 bits per heavy atom. The molecule has 0 amide bonds. The first-order chi connectivity index (χ1) is 5.81. The van der Waals surface area contributed by atoms with Gasteiger partial charge in [0.15, 0.2) is 5.75 Å². The first-order valence-electron chi connectivity index (χ1n) is 3.53. The average Bonchev–Trinajstić information content (AvgIpc) is 2.50. The van der Waals surface area contributed by atoms with E-state index in [4.69, 9.17) is 4.74 Å². The van der Waals surface area contributed by atoms with Gasteiger partial charge < -0.3 is 4.74 Å². The summed E-state index contributed by atoms with van der Waals surface area (Å²) in [6.45, 7) is 1.89. The molecule has 0 aliphatic rings. The average molecular weight is 164 g/mol. The predicted molar refractivity (Wildman–Crippen MR) is 42.1 cm³/mol. The Bertz CT molecular complexity index is 409. The van der Waals surface area contributed by atoms with E-state index >= 15 is 0 Å². The van der Waals surface area contributed by atoms with Crippen molar-refractivity contribution in [3.63, 3.8) is 0 Å². The summed E-state index contributed by atoms with van der Waals surface area (Å²) in [7, 11) is 1.60. The highest BCUT2D eigenvalue weighted by molar-refractivity contribution is 5.51. The van der Waals surface area contributed by atoms with Crippen molar-refractivity contribution in [2.45, 2.75) is 6.92 Å². The maximum absolute atomic E-state index is 5.10. The highest BCUT2D eigenvalue weighted by Gasteiger charge is 2.04. The molecule has 2 rings (SSSR count). The van der Waals surface area contributed by atoms with Crippen LogP contribution in [0.3, 0.4) is 0 Å². The maximum Gasteiger partial charge on any atom is 0.219 e. The Morgan fingerprint density at radius 2 is 2.33 bits per heavy atom. The van der Waals surface area contributed by atoms with Crippen LogP contribution in [0.1, 0.15) is 5.69 Å². The molecule has 2 aromatic heterocycles. The number of hydrogen-bond acceptors (Lipinski definition) is 4. The number of fused-ring (bicyclic) bond motifs is 1. The third-order valence-electron chi connectivity index (χ3n) is 1.58. The van der Waals surface area contributed by atoms with Crippen molar-refractivity contribution in [1.82, 2.24) is 19.8 Å². The Hall–Kier alpha value is -1.65. The van der Waals surface area contributed by atoms with Crippen LogP contribution in [0.25, 0.3) is 5.65 Å². The predicted octanol–water partition coefficient (Wildman–Crippen LogP) is 0.441. The molecule has 0 saturated carbocycles. The van der Waals surface area contributed by atoms with Crippen molar-refractivity contribution in [3.8, 4) is 5.75 Å². The van der Waals surface area contributed by atoms with Crippen molar-refractivity contribution in [3.05, 3.63) is 18.1 Å².